The second kappa shape index (κ2) is 4.49. The summed E-state index contributed by atoms with van der Waals surface area (Å²) in [6, 6.07) is 3.88. The fourth-order valence-electron chi connectivity index (χ4n) is 1.50. The second-order valence-electron chi connectivity index (χ2n) is 3.33. The first-order valence-corrected chi connectivity index (χ1v) is 5.43. The largest absolute Gasteiger partial charge is 0.399 e. The summed E-state index contributed by atoms with van der Waals surface area (Å²) in [5.41, 5.74) is 1.52. The molecule has 0 aromatic carbocycles. The van der Waals surface area contributed by atoms with Crippen molar-refractivity contribution in [3.8, 4) is 6.07 Å². The molecule has 0 amide bonds. The number of rotatable bonds is 2. The van der Waals surface area contributed by atoms with Crippen molar-refractivity contribution in [2.45, 2.75) is 0 Å². The summed E-state index contributed by atoms with van der Waals surface area (Å²) in [6.07, 6.45) is 1.68. The van der Waals surface area contributed by atoms with Gasteiger partial charge in [0.25, 0.3) is 0 Å². The lowest BCUT2D eigenvalue weighted by atomic mass is 10.1. The third kappa shape index (κ3) is 1.99. The maximum absolute atomic E-state index is 8.99. The van der Waals surface area contributed by atoms with Crippen LogP contribution in [0, 0.1) is 11.3 Å². The van der Waals surface area contributed by atoms with E-state index in [1.807, 2.05) is 4.90 Å². The van der Waals surface area contributed by atoms with Crippen molar-refractivity contribution < 1.29 is 4.84 Å². The molecule has 1 saturated heterocycles. The van der Waals surface area contributed by atoms with Crippen molar-refractivity contribution in [1.29, 1.82) is 5.26 Å². The molecule has 0 spiro atoms. The molecule has 0 aliphatic carbocycles. The molecular weight excluding hydrogens is 272 g/mol. The molecule has 0 radical (unpaired) electrons. The maximum atomic E-state index is 8.99. The molecular formula is C10H9BrN4O. The standard InChI is InChI=1S/C10H9BrN4O/c1-16-14-9-5-15(6-9)10-7(3-12)2-8(11)4-13-10/h2,4H,5-6H2,1H3. The molecule has 82 valence electrons. The van der Waals surface area contributed by atoms with Crippen LogP contribution in [-0.4, -0.2) is 30.9 Å². The summed E-state index contributed by atoms with van der Waals surface area (Å²) < 4.78 is 0.805. The van der Waals surface area contributed by atoms with E-state index in [0.29, 0.717) is 24.5 Å². The van der Waals surface area contributed by atoms with Gasteiger partial charge >= 0.3 is 0 Å². The summed E-state index contributed by atoms with van der Waals surface area (Å²) >= 11 is 3.29. The molecule has 0 N–H and O–H groups in total. The number of halogens is 1. The van der Waals surface area contributed by atoms with Crippen molar-refractivity contribution in [3.63, 3.8) is 0 Å². The lowest BCUT2D eigenvalue weighted by Gasteiger charge is -2.33. The van der Waals surface area contributed by atoms with Gasteiger partial charge in [-0.3, -0.25) is 0 Å². The third-order valence-corrected chi connectivity index (χ3v) is 2.65. The monoisotopic (exact) mass is 280 g/mol. The van der Waals surface area contributed by atoms with Crippen LogP contribution in [-0.2, 0) is 4.84 Å². The SMILES string of the molecule is CON=C1CN(c2ncc(Br)cc2C#N)C1. The smallest absolute Gasteiger partial charge is 0.147 e. The fourth-order valence-corrected chi connectivity index (χ4v) is 1.83. The Hall–Kier alpha value is -1.61. The molecule has 2 heterocycles. The van der Waals surface area contributed by atoms with Crippen LogP contribution in [0.3, 0.4) is 0 Å². The minimum absolute atomic E-state index is 0.561. The van der Waals surface area contributed by atoms with E-state index in [4.69, 9.17) is 5.26 Å². The number of nitrogens with zero attached hydrogens (tertiary/aromatic N) is 4. The van der Waals surface area contributed by atoms with Crippen LogP contribution in [0.15, 0.2) is 21.9 Å². The molecule has 1 aliphatic heterocycles. The molecule has 6 heteroatoms. The Morgan fingerprint density at radius 1 is 1.62 bits per heavy atom. The van der Waals surface area contributed by atoms with Gasteiger partial charge in [0.05, 0.1) is 24.4 Å². The quantitative estimate of drug-likeness (QED) is 0.771. The molecule has 0 bridgehead atoms. The highest BCUT2D eigenvalue weighted by Gasteiger charge is 2.26. The zero-order chi connectivity index (χ0) is 11.5. The minimum atomic E-state index is 0.561. The first-order chi connectivity index (χ1) is 7.74. The first kappa shape index (κ1) is 10.9. The number of aromatic nitrogens is 1. The van der Waals surface area contributed by atoms with Gasteiger partial charge in [-0.1, -0.05) is 5.16 Å². The van der Waals surface area contributed by atoms with E-state index in [9.17, 15) is 0 Å². The van der Waals surface area contributed by atoms with Gasteiger partial charge in [0.1, 0.15) is 19.0 Å². The van der Waals surface area contributed by atoms with Gasteiger partial charge in [0.15, 0.2) is 0 Å². The Balaban J connectivity index is 2.18. The summed E-state index contributed by atoms with van der Waals surface area (Å²) in [6.45, 7) is 1.33. The van der Waals surface area contributed by atoms with Crippen molar-refractivity contribution in [2.75, 3.05) is 25.1 Å². The number of hydrogen-bond donors (Lipinski definition) is 0. The number of oxime groups is 1. The van der Waals surface area contributed by atoms with Crippen LogP contribution >= 0.6 is 15.9 Å². The van der Waals surface area contributed by atoms with Crippen LogP contribution in [0.5, 0.6) is 0 Å². The van der Waals surface area contributed by atoms with Gasteiger partial charge in [0.2, 0.25) is 0 Å². The molecule has 1 fully saturated rings. The van der Waals surface area contributed by atoms with Gasteiger partial charge in [-0.2, -0.15) is 5.26 Å². The molecule has 0 unspecified atom stereocenters. The minimum Gasteiger partial charge on any atom is -0.399 e. The molecule has 5 nitrogen and oxygen atoms in total. The van der Waals surface area contributed by atoms with E-state index in [0.717, 1.165) is 10.2 Å². The zero-order valence-corrected chi connectivity index (χ0v) is 10.2. The van der Waals surface area contributed by atoms with Crippen molar-refractivity contribution in [1.82, 2.24) is 4.98 Å². The summed E-state index contributed by atoms with van der Waals surface area (Å²) in [5, 5.41) is 12.8. The highest BCUT2D eigenvalue weighted by molar-refractivity contribution is 9.10. The van der Waals surface area contributed by atoms with E-state index in [1.54, 1.807) is 12.3 Å². The topological polar surface area (TPSA) is 61.5 Å². The van der Waals surface area contributed by atoms with Gasteiger partial charge in [-0.05, 0) is 22.0 Å². The number of nitriles is 1. The average molecular weight is 281 g/mol. The van der Waals surface area contributed by atoms with Crippen molar-refractivity contribution in [3.05, 3.63) is 22.3 Å². The van der Waals surface area contributed by atoms with Gasteiger partial charge < -0.3 is 9.74 Å². The summed E-state index contributed by atoms with van der Waals surface area (Å²) in [5.74, 6) is 0.695. The average Bonchev–Trinajstić information content (AvgIpc) is 2.23. The molecule has 1 aliphatic rings. The maximum Gasteiger partial charge on any atom is 0.147 e. The fraction of sp³-hybridized carbons (Fsp3) is 0.300. The van der Waals surface area contributed by atoms with E-state index in [1.165, 1.54) is 7.11 Å². The second-order valence-corrected chi connectivity index (χ2v) is 4.25. The van der Waals surface area contributed by atoms with Crippen LogP contribution in [0.2, 0.25) is 0 Å². The first-order valence-electron chi connectivity index (χ1n) is 4.64. The van der Waals surface area contributed by atoms with E-state index in [2.05, 4.69) is 37.0 Å². The Morgan fingerprint density at radius 3 is 3.00 bits per heavy atom. The Labute approximate surface area is 101 Å². The van der Waals surface area contributed by atoms with Crippen molar-refractivity contribution >= 4 is 27.5 Å². The predicted molar refractivity (Wildman–Crippen MR) is 63.3 cm³/mol. The molecule has 0 atom stereocenters. The lowest BCUT2D eigenvalue weighted by Crippen LogP contribution is -2.48. The van der Waals surface area contributed by atoms with Crippen LogP contribution < -0.4 is 4.90 Å². The van der Waals surface area contributed by atoms with Gasteiger partial charge in [-0.15, -0.1) is 0 Å². The van der Waals surface area contributed by atoms with Crippen LogP contribution in [0.4, 0.5) is 5.82 Å². The Kier molecular flexibility index (Phi) is 3.06. The highest BCUT2D eigenvalue weighted by atomic mass is 79.9. The predicted octanol–water partition coefficient (Wildman–Crippen LogP) is 1.54. The van der Waals surface area contributed by atoms with E-state index < -0.39 is 0 Å². The van der Waals surface area contributed by atoms with Gasteiger partial charge in [0, 0.05) is 10.7 Å². The normalized spacial score (nSPS) is 14.1. The zero-order valence-electron chi connectivity index (χ0n) is 8.64. The Bertz CT molecular complexity index is 472. The molecule has 1 aromatic rings. The molecule has 0 saturated carbocycles. The molecule has 2 rings (SSSR count). The number of anilines is 1. The number of pyridine rings is 1. The number of hydrogen-bond acceptors (Lipinski definition) is 5. The Morgan fingerprint density at radius 2 is 2.38 bits per heavy atom. The molecule has 1 aromatic heterocycles. The summed E-state index contributed by atoms with van der Waals surface area (Å²) in [4.78, 5) is 10.9. The van der Waals surface area contributed by atoms with E-state index >= 15 is 0 Å². The lowest BCUT2D eigenvalue weighted by molar-refractivity contribution is 0.211. The van der Waals surface area contributed by atoms with E-state index in [-0.39, 0.29) is 0 Å². The molecule has 16 heavy (non-hydrogen) atoms. The van der Waals surface area contributed by atoms with Gasteiger partial charge in [-0.25, -0.2) is 4.98 Å². The third-order valence-electron chi connectivity index (χ3n) is 2.22. The summed E-state index contributed by atoms with van der Waals surface area (Å²) in [7, 11) is 1.52. The van der Waals surface area contributed by atoms with Crippen LogP contribution in [0.25, 0.3) is 0 Å². The van der Waals surface area contributed by atoms with Crippen molar-refractivity contribution in [2.24, 2.45) is 5.16 Å². The van der Waals surface area contributed by atoms with Crippen LogP contribution in [0.1, 0.15) is 5.56 Å². The highest BCUT2D eigenvalue weighted by Crippen LogP contribution is 2.23.